The third-order valence-corrected chi connectivity index (χ3v) is 6.00. The maximum Gasteiger partial charge on any atom is 0.241 e. The van der Waals surface area contributed by atoms with Gasteiger partial charge in [-0.05, 0) is 49.2 Å². The third kappa shape index (κ3) is 6.71. The summed E-state index contributed by atoms with van der Waals surface area (Å²) in [7, 11) is 0. The SMILES string of the molecule is Cc1ccc(C)cc1.N#C[C@@H]1C[C@H](F)CN1C(=O)[C@@H](N)C(c1ccc(F)cc1)c1ccc(F)cc1. The van der Waals surface area contributed by atoms with E-state index in [2.05, 4.69) is 38.1 Å². The fraction of sp³-hybridized carbons (Fsp3) is 0.286. The van der Waals surface area contributed by atoms with E-state index in [1.807, 2.05) is 6.07 Å². The van der Waals surface area contributed by atoms with Crippen LogP contribution in [0.1, 0.15) is 34.6 Å². The first-order valence-corrected chi connectivity index (χ1v) is 11.3. The molecule has 3 aromatic rings. The molecule has 0 aromatic heterocycles. The highest BCUT2D eigenvalue weighted by Crippen LogP contribution is 2.30. The minimum atomic E-state index is -1.28. The van der Waals surface area contributed by atoms with Gasteiger partial charge in [-0.2, -0.15) is 5.26 Å². The summed E-state index contributed by atoms with van der Waals surface area (Å²) >= 11 is 0. The van der Waals surface area contributed by atoms with Gasteiger partial charge in [-0.15, -0.1) is 0 Å². The molecule has 0 radical (unpaired) electrons. The molecule has 0 bridgehead atoms. The van der Waals surface area contributed by atoms with Crippen molar-refractivity contribution in [3.8, 4) is 6.07 Å². The van der Waals surface area contributed by atoms with E-state index >= 15 is 0 Å². The number of nitriles is 1. The molecule has 2 N–H and O–H groups in total. The second-order valence-corrected chi connectivity index (χ2v) is 8.73. The molecule has 0 spiro atoms. The van der Waals surface area contributed by atoms with Gasteiger partial charge >= 0.3 is 0 Å². The summed E-state index contributed by atoms with van der Waals surface area (Å²) in [5.41, 5.74) is 10.0. The van der Waals surface area contributed by atoms with Gasteiger partial charge in [0.15, 0.2) is 0 Å². The maximum atomic E-state index is 13.7. The Bertz CT molecular complexity index is 1090. The van der Waals surface area contributed by atoms with Gasteiger partial charge in [0, 0.05) is 12.3 Å². The zero-order chi connectivity index (χ0) is 25.5. The van der Waals surface area contributed by atoms with E-state index in [0.29, 0.717) is 11.1 Å². The van der Waals surface area contributed by atoms with Crippen LogP contribution in [0.15, 0.2) is 72.8 Å². The molecule has 1 saturated heterocycles. The smallest absolute Gasteiger partial charge is 0.241 e. The Balaban J connectivity index is 0.000000363. The molecule has 3 aromatic carbocycles. The molecule has 1 fully saturated rings. The molecule has 35 heavy (non-hydrogen) atoms. The van der Waals surface area contributed by atoms with Crippen LogP contribution in [0.25, 0.3) is 0 Å². The van der Waals surface area contributed by atoms with Crippen LogP contribution >= 0.6 is 0 Å². The van der Waals surface area contributed by atoms with Crippen molar-refractivity contribution in [2.45, 2.75) is 44.4 Å². The van der Waals surface area contributed by atoms with Crippen LogP contribution < -0.4 is 5.73 Å². The molecule has 0 unspecified atom stereocenters. The lowest BCUT2D eigenvalue weighted by molar-refractivity contribution is -0.133. The average Bonchev–Trinajstić information content (AvgIpc) is 3.24. The van der Waals surface area contributed by atoms with Crippen molar-refractivity contribution in [2.75, 3.05) is 6.54 Å². The number of carbonyl (C=O) groups is 1. The zero-order valence-electron chi connectivity index (χ0n) is 19.7. The number of nitrogens with two attached hydrogens (primary N) is 1. The number of alkyl halides is 1. The van der Waals surface area contributed by atoms with Crippen LogP contribution in [-0.4, -0.2) is 35.6 Å². The lowest BCUT2D eigenvalue weighted by Crippen LogP contribution is -2.49. The zero-order valence-corrected chi connectivity index (χ0v) is 19.7. The first kappa shape index (κ1) is 26.0. The average molecular weight is 480 g/mol. The third-order valence-electron chi connectivity index (χ3n) is 6.00. The number of hydrogen-bond donors (Lipinski definition) is 1. The van der Waals surface area contributed by atoms with Crippen molar-refractivity contribution in [2.24, 2.45) is 5.73 Å². The van der Waals surface area contributed by atoms with Crippen LogP contribution in [0.3, 0.4) is 0 Å². The van der Waals surface area contributed by atoms with Gasteiger partial charge in [0.05, 0.1) is 18.7 Å². The van der Waals surface area contributed by atoms with E-state index < -0.39 is 41.7 Å². The highest BCUT2D eigenvalue weighted by Gasteiger charge is 2.40. The van der Waals surface area contributed by atoms with Crippen molar-refractivity contribution >= 4 is 5.91 Å². The fourth-order valence-electron chi connectivity index (χ4n) is 4.07. The Morgan fingerprint density at radius 2 is 1.34 bits per heavy atom. The Morgan fingerprint density at radius 3 is 1.74 bits per heavy atom. The number of carbonyl (C=O) groups excluding carboxylic acids is 1. The summed E-state index contributed by atoms with van der Waals surface area (Å²) in [6.07, 6.45) is -1.33. The first-order valence-electron chi connectivity index (χ1n) is 11.3. The van der Waals surface area contributed by atoms with Gasteiger partial charge in [0.25, 0.3) is 0 Å². The number of halogens is 3. The standard InChI is InChI=1S/C20H18F3N3O.C8H10/c21-14-5-1-12(2-6-14)18(13-3-7-15(22)8-4-13)19(25)20(27)26-11-16(23)9-17(26)10-24;1-7-3-5-8(2)6-4-7/h1-8,16-19H,9,11,25H2;3-6H,1-2H3/t16-,17-,19-;/m0./s1. The van der Waals surface area contributed by atoms with Crippen molar-refractivity contribution in [3.05, 3.63) is 107 Å². The second kappa shape index (κ2) is 11.7. The lowest BCUT2D eigenvalue weighted by atomic mass is 9.84. The molecule has 3 atom stereocenters. The Morgan fingerprint density at radius 1 is 0.914 bits per heavy atom. The van der Waals surface area contributed by atoms with Gasteiger partial charge < -0.3 is 10.6 Å². The van der Waals surface area contributed by atoms with E-state index in [1.165, 1.54) is 59.7 Å². The van der Waals surface area contributed by atoms with Crippen molar-refractivity contribution in [1.29, 1.82) is 5.26 Å². The Kier molecular flexibility index (Phi) is 8.67. The Labute approximate surface area is 203 Å². The largest absolute Gasteiger partial charge is 0.322 e. The lowest BCUT2D eigenvalue weighted by Gasteiger charge is -2.29. The molecular weight excluding hydrogens is 451 g/mol. The molecule has 0 saturated carbocycles. The molecule has 0 aliphatic carbocycles. The van der Waals surface area contributed by atoms with E-state index in [0.717, 1.165) is 4.90 Å². The molecule has 4 nitrogen and oxygen atoms in total. The number of aryl methyl sites for hydroxylation is 2. The summed E-state index contributed by atoms with van der Waals surface area (Å²) < 4.78 is 40.3. The fourth-order valence-corrected chi connectivity index (χ4v) is 4.07. The quantitative estimate of drug-likeness (QED) is 0.560. The highest BCUT2D eigenvalue weighted by atomic mass is 19.1. The van der Waals surface area contributed by atoms with Crippen LogP contribution in [-0.2, 0) is 4.79 Å². The molecule has 7 heteroatoms. The molecular formula is C28H28F3N3O. The first-order chi connectivity index (χ1) is 16.7. The molecule has 4 rings (SSSR count). The summed E-state index contributed by atoms with van der Waals surface area (Å²) in [6, 6.07) is 19.4. The Hall–Kier alpha value is -3.63. The van der Waals surface area contributed by atoms with Crippen molar-refractivity contribution < 1.29 is 18.0 Å². The minimum Gasteiger partial charge on any atom is -0.322 e. The summed E-state index contributed by atoms with van der Waals surface area (Å²) in [5.74, 6) is -2.15. The maximum absolute atomic E-state index is 13.7. The predicted molar refractivity (Wildman–Crippen MR) is 129 cm³/mol. The number of benzene rings is 3. The van der Waals surface area contributed by atoms with E-state index in [-0.39, 0.29) is 13.0 Å². The number of hydrogen-bond acceptors (Lipinski definition) is 3. The molecule has 1 aliphatic rings. The van der Waals surface area contributed by atoms with Crippen LogP contribution in [0.4, 0.5) is 13.2 Å². The van der Waals surface area contributed by atoms with Crippen LogP contribution in [0, 0.1) is 36.8 Å². The van der Waals surface area contributed by atoms with Crippen molar-refractivity contribution in [1.82, 2.24) is 4.90 Å². The van der Waals surface area contributed by atoms with Gasteiger partial charge in [-0.25, -0.2) is 13.2 Å². The summed E-state index contributed by atoms with van der Waals surface area (Å²) in [5, 5.41) is 9.18. The van der Waals surface area contributed by atoms with Gasteiger partial charge in [-0.1, -0.05) is 59.7 Å². The normalized spacial score (nSPS) is 17.9. The molecule has 1 aliphatic heterocycles. The van der Waals surface area contributed by atoms with Crippen molar-refractivity contribution in [3.63, 3.8) is 0 Å². The van der Waals surface area contributed by atoms with Crippen LogP contribution in [0.2, 0.25) is 0 Å². The second-order valence-electron chi connectivity index (χ2n) is 8.73. The highest BCUT2D eigenvalue weighted by molar-refractivity contribution is 5.84. The molecule has 1 amide bonds. The number of rotatable bonds is 4. The topological polar surface area (TPSA) is 70.1 Å². The number of likely N-dealkylation sites (tertiary alicyclic amines) is 1. The predicted octanol–water partition coefficient (Wildman–Crippen LogP) is 5.19. The number of nitrogens with zero attached hydrogens (tertiary/aromatic N) is 2. The van der Waals surface area contributed by atoms with Crippen LogP contribution in [0.5, 0.6) is 0 Å². The minimum absolute atomic E-state index is 0.0489. The number of amides is 1. The summed E-state index contributed by atoms with van der Waals surface area (Å²) in [6.45, 7) is 4.00. The van der Waals surface area contributed by atoms with E-state index in [9.17, 15) is 23.2 Å². The van der Waals surface area contributed by atoms with Gasteiger partial charge in [0.1, 0.15) is 23.8 Å². The van der Waals surface area contributed by atoms with E-state index in [1.54, 1.807) is 0 Å². The summed E-state index contributed by atoms with van der Waals surface area (Å²) in [4.78, 5) is 14.1. The van der Waals surface area contributed by atoms with E-state index in [4.69, 9.17) is 5.73 Å². The van der Waals surface area contributed by atoms with Gasteiger partial charge in [-0.3, -0.25) is 4.79 Å². The van der Waals surface area contributed by atoms with Gasteiger partial charge in [0.2, 0.25) is 5.91 Å². The molecule has 1 heterocycles. The molecule has 182 valence electrons. The monoisotopic (exact) mass is 479 g/mol.